The molecule has 6 nitrogen and oxygen atoms in total. The minimum atomic E-state index is -1.59. The molecule has 2 atom stereocenters. The Labute approximate surface area is 88.2 Å². The first-order valence-corrected chi connectivity index (χ1v) is 4.61. The molecule has 88 valence electrons. The number of methoxy groups -OCH3 is 1. The van der Waals surface area contributed by atoms with E-state index in [1.54, 1.807) is 13.8 Å². The lowest BCUT2D eigenvalue weighted by atomic mass is 10.0. The van der Waals surface area contributed by atoms with Crippen LogP contribution in [0.25, 0.3) is 0 Å². The fraction of sp³-hybridized carbons (Fsp3) is 0.778. The number of hydrogen-bond acceptors (Lipinski definition) is 4. The van der Waals surface area contributed by atoms with E-state index in [1.165, 1.54) is 7.11 Å². The number of nitrogens with one attached hydrogen (secondary N) is 1. The van der Waals surface area contributed by atoms with Crippen molar-refractivity contribution in [3.8, 4) is 0 Å². The third kappa shape index (κ3) is 3.85. The smallest absolute Gasteiger partial charge is 0.334 e. The third-order valence-electron chi connectivity index (χ3n) is 2.35. The van der Waals surface area contributed by atoms with E-state index in [-0.39, 0.29) is 6.54 Å². The SMILES string of the molecule is CCC(C)(OC)C(=O)NC[C@H](O)C(=O)O. The van der Waals surface area contributed by atoms with Gasteiger partial charge < -0.3 is 20.3 Å². The van der Waals surface area contributed by atoms with E-state index in [1.807, 2.05) is 0 Å². The maximum absolute atomic E-state index is 11.5. The van der Waals surface area contributed by atoms with Crippen LogP contribution in [-0.4, -0.2) is 47.4 Å². The predicted molar refractivity (Wildman–Crippen MR) is 52.4 cm³/mol. The maximum atomic E-state index is 11.5. The molecule has 0 aliphatic rings. The molecule has 0 aliphatic carbocycles. The van der Waals surface area contributed by atoms with Crippen LogP contribution in [0.15, 0.2) is 0 Å². The summed E-state index contributed by atoms with van der Waals surface area (Å²) in [7, 11) is 1.40. The number of carboxylic acid groups (broad SMARTS) is 1. The van der Waals surface area contributed by atoms with Crippen LogP contribution in [0.4, 0.5) is 0 Å². The average molecular weight is 219 g/mol. The molecular formula is C9H17NO5. The Morgan fingerprint density at radius 2 is 2.07 bits per heavy atom. The summed E-state index contributed by atoms with van der Waals surface area (Å²) in [5.74, 6) is -1.81. The average Bonchev–Trinajstić information content (AvgIpc) is 2.23. The Balaban J connectivity index is 4.19. The van der Waals surface area contributed by atoms with Gasteiger partial charge in [0.05, 0.1) is 6.54 Å². The van der Waals surface area contributed by atoms with Gasteiger partial charge in [-0.05, 0) is 13.3 Å². The number of ether oxygens (including phenoxy) is 1. The van der Waals surface area contributed by atoms with E-state index in [2.05, 4.69) is 5.32 Å². The van der Waals surface area contributed by atoms with E-state index in [9.17, 15) is 9.59 Å². The van der Waals surface area contributed by atoms with Crippen LogP contribution in [0.3, 0.4) is 0 Å². The van der Waals surface area contributed by atoms with Crippen LogP contribution in [0.5, 0.6) is 0 Å². The predicted octanol–water partition coefficient (Wildman–Crippen LogP) is -0.637. The number of rotatable bonds is 6. The molecule has 0 aromatic heterocycles. The van der Waals surface area contributed by atoms with Crippen molar-refractivity contribution in [2.45, 2.75) is 32.0 Å². The number of aliphatic carboxylic acids is 1. The molecule has 0 fully saturated rings. The van der Waals surface area contributed by atoms with Crippen molar-refractivity contribution in [2.24, 2.45) is 0 Å². The molecule has 0 radical (unpaired) electrons. The first-order valence-electron chi connectivity index (χ1n) is 4.61. The maximum Gasteiger partial charge on any atom is 0.334 e. The molecule has 0 aromatic rings. The molecule has 0 rings (SSSR count). The minimum absolute atomic E-state index is 0.326. The number of hydrogen-bond donors (Lipinski definition) is 3. The van der Waals surface area contributed by atoms with Gasteiger partial charge in [0.1, 0.15) is 5.60 Å². The fourth-order valence-electron chi connectivity index (χ4n) is 0.861. The van der Waals surface area contributed by atoms with Gasteiger partial charge in [0.15, 0.2) is 6.10 Å². The van der Waals surface area contributed by atoms with Crippen LogP contribution in [-0.2, 0) is 14.3 Å². The van der Waals surface area contributed by atoms with Crippen molar-refractivity contribution in [1.29, 1.82) is 0 Å². The number of carboxylic acids is 1. The van der Waals surface area contributed by atoms with Crippen molar-refractivity contribution in [3.63, 3.8) is 0 Å². The van der Waals surface area contributed by atoms with Crippen LogP contribution in [0.2, 0.25) is 0 Å². The Hall–Kier alpha value is -1.14. The second-order valence-electron chi connectivity index (χ2n) is 3.35. The van der Waals surface area contributed by atoms with E-state index in [0.29, 0.717) is 6.42 Å². The Kier molecular flexibility index (Phi) is 5.24. The number of carbonyl (C=O) groups excluding carboxylic acids is 1. The zero-order valence-electron chi connectivity index (χ0n) is 9.11. The summed E-state index contributed by atoms with van der Waals surface area (Å²) >= 11 is 0. The van der Waals surface area contributed by atoms with Gasteiger partial charge in [-0.25, -0.2) is 4.79 Å². The Morgan fingerprint density at radius 3 is 2.40 bits per heavy atom. The van der Waals surface area contributed by atoms with Crippen molar-refractivity contribution in [3.05, 3.63) is 0 Å². The summed E-state index contributed by atoms with van der Waals surface area (Å²) in [6, 6.07) is 0. The summed E-state index contributed by atoms with van der Waals surface area (Å²) < 4.78 is 5.00. The largest absolute Gasteiger partial charge is 0.479 e. The van der Waals surface area contributed by atoms with Crippen molar-refractivity contribution in [2.75, 3.05) is 13.7 Å². The lowest BCUT2D eigenvalue weighted by Crippen LogP contribution is -2.48. The highest BCUT2D eigenvalue weighted by molar-refractivity contribution is 5.85. The standard InChI is InChI=1S/C9H17NO5/c1-4-9(2,15-3)8(14)10-5-6(11)7(12)13/h6,11H,4-5H2,1-3H3,(H,10,14)(H,12,13)/t6-,9?/m0/s1. The molecule has 1 amide bonds. The van der Waals surface area contributed by atoms with Gasteiger partial charge in [-0.15, -0.1) is 0 Å². The quantitative estimate of drug-likeness (QED) is 0.552. The van der Waals surface area contributed by atoms with E-state index >= 15 is 0 Å². The lowest BCUT2D eigenvalue weighted by Gasteiger charge is -2.25. The topological polar surface area (TPSA) is 95.9 Å². The van der Waals surface area contributed by atoms with Gasteiger partial charge in [-0.2, -0.15) is 0 Å². The molecule has 3 N–H and O–H groups in total. The number of aliphatic hydroxyl groups excluding tert-OH is 1. The number of carbonyl (C=O) groups is 2. The van der Waals surface area contributed by atoms with Crippen molar-refractivity contribution in [1.82, 2.24) is 5.32 Å². The molecule has 0 aromatic carbocycles. The van der Waals surface area contributed by atoms with E-state index in [0.717, 1.165) is 0 Å². The number of amides is 1. The van der Waals surface area contributed by atoms with Gasteiger partial charge in [0, 0.05) is 7.11 Å². The summed E-state index contributed by atoms with van der Waals surface area (Å²) in [6.45, 7) is 3.04. The molecule has 0 heterocycles. The molecule has 0 saturated heterocycles. The summed E-state index contributed by atoms with van der Waals surface area (Å²) in [5.41, 5.74) is -0.988. The van der Waals surface area contributed by atoms with Crippen LogP contribution in [0, 0.1) is 0 Å². The molecule has 0 spiro atoms. The van der Waals surface area contributed by atoms with Crippen molar-refractivity contribution >= 4 is 11.9 Å². The van der Waals surface area contributed by atoms with Gasteiger partial charge in [0.25, 0.3) is 5.91 Å². The highest BCUT2D eigenvalue weighted by Gasteiger charge is 2.31. The molecule has 15 heavy (non-hydrogen) atoms. The zero-order chi connectivity index (χ0) is 12.1. The lowest BCUT2D eigenvalue weighted by molar-refractivity contribution is -0.148. The highest BCUT2D eigenvalue weighted by atomic mass is 16.5. The first kappa shape index (κ1) is 13.9. The molecule has 1 unspecified atom stereocenters. The highest BCUT2D eigenvalue weighted by Crippen LogP contribution is 2.13. The summed E-state index contributed by atoms with van der Waals surface area (Å²) in [4.78, 5) is 21.8. The van der Waals surface area contributed by atoms with Crippen LogP contribution < -0.4 is 5.32 Å². The molecule has 0 aliphatic heterocycles. The fourth-order valence-corrected chi connectivity index (χ4v) is 0.861. The normalized spacial score (nSPS) is 16.5. The van der Waals surface area contributed by atoms with E-state index in [4.69, 9.17) is 14.9 Å². The Bertz CT molecular complexity index is 237. The van der Waals surface area contributed by atoms with Gasteiger partial charge >= 0.3 is 5.97 Å². The zero-order valence-corrected chi connectivity index (χ0v) is 9.11. The summed E-state index contributed by atoms with van der Waals surface area (Å²) in [5, 5.41) is 19.6. The van der Waals surface area contributed by atoms with Crippen LogP contribution in [0.1, 0.15) is 20.3 Å². The van der Waals surface area contributed by atoms with Gasteiger partial charge in [-0.3, -0.25) is 4.79 Å². The molecule has 0 saturated carbocycles. The summed E-state index contributed by atoms with van der Waals surface area (Å²) in [6.07, 6.45) is -1.13. The minimum Gasteiger partial charge on any atom is -0.479 e. The Morgan fingerprint density at radius 1 is 1.53 bits per heavy atom. The molecular weight excluding hydrogens is 202 g/mol. The second kappa shape index (κ2) is 5.67. The third-order valence-corrected chi connectivity index (χ3v) is 2.35. The van der Waals surface area contributed by atoms with Crippen LogP contribution >= 0.6 is 0 Å². The van der Waals surface area contributed by atoms with Crippen molar-refractivity contribution < 1.29 is 24.5 Å². The van der Waals surface area contributed by atoms with E-state index < -0.39 is 23.6 Å². The second-order valence-corrected chi connectivity index (χ2v) is 3.35. The monoisotopic (exact) mass is 219 g/mol. The number of aliphatic hydroxyl groups is 1. The molecule has 6 heteroatoms. The molecule has 0 bridgehead atoms. The van der Waals surface area contributed by atoms with Gasteiger partial charge in [-0.1, -0.05) is 6.92 Å². The first-order chi connectivity index (χ1) is 6.87. The van der Waals surface area contributed by atoms with Gasteiger partial charge in [0.2, 0.25) is 0 Å².